The normalized spacial score (nSPS) is 11.3. The van der Waals surface area contributed by atoms with E-state index in [4.69, 9.17) is 0 Å². The molecular formula is C22H17N5OS. The van der Waals surface area contributed by atoms with E-state index in [0.717, 1.165) is 43.9 Å². The van der Waals surface area contributed by atoms with Crippen LogP contribution in [0.4, 0.5) is 0 Å². The monoisotopic (exact) mass is 399 g/mol. The van der Waals surface area contributed by atoms with Crippen molar-refractivity contribution in [2.75, 3.05) is 5.75 Å². The van der Waals surface area contributed by atoms with E-state index in [1.807, 2.05) is 61.5 Å². The van der Waals surface area contributed by atoms with E-state index in [2.05, 4.69) is 20.1 Å². The molecule has 0 aliphatic heterocycles. The van der Waals surface area contributed by atoms with Gasteiger partial charge in [0.1, 0.15) is 11.4 Å². The first-order chi connectivity index (χ1) is 14.2. The van der Waals surface area contributed by atoms with Crippen LogP contribution in [-0.2, 0) is 0 Å². The quantitative estimate of drug-likeness (QED) is 0.266. The third-order valence-corrected chi connectivity index (χ3v) is 5.85. The van der Waals surface area contributed by atoms with E-state index < -0.39 is 0 Å². The molecule has 5 rings (SSSR count). The lowest BCUT2D eigenvalue weighted by atomic mass is 10.1. The van der Waals surface area contributed by atoms with Crippen molar-refractivity contribution in [3.63, 3.8) is 0 Å². The molecule has 0 bridgehead atoms. The van der Waals surface area contributed by atoms with Gasteiger partial charge in [-0.05, 0) is 25.1 Å². The molecule has 0 atom stereocenters. The van der Waals surface area contributed by atoms with Crippen molar-refractivity contribution < 1.29 is 4.79 Å². The number of carbonyl (C=O) groups is 1. The minimum absolute atomic E-state index is 0.0761. The minimum atomic E-state index is 0.0761. The van der Waals surface area contributed by atoms with Gasteiger partial charge in [-0.15, -0.1) is 0 Å². The topological polar surface area (TPSA) is 76.5 Å². The first-order valence-corrected chi connectivity index (χ1v) is 10.2. The van der Waals surface area contributed by atoms with Gasteiger partial charge in [-0.25, -0.2) is 14.6 Å². The summed E-state index contributed by atoms with van der Waals surface area (Å²) in [6, 6.07) is 17.7. The lowest BCUT2D eigenvalue weighted by Gasteiger charge is -2.04. The van der Waals surface area contributed by atoms with Crippen LogP contribution in [0, 0.1) is 6.92 Å². The number of hydrogen-bond donors (Lipinski definition) is 1. The van der Waals surface area contributed by atoms with Gasteiger partial charge in [0.25, 0.3) is 0 Å². The Balaban J connectivity index is 1.44. The van der Waals surface area contributed by atoms with Crippen molar-refractivity contribution in [1.82, 2.24) is 24.7 Å². The maximum atomic E-state index is 13.0. The number of nitrogens with zero attached hydrogens (tertiary/aromatic N) is 4. The van der Waals surface area contributed by atoms with Crippen LogP contribution < -0.4 is 0 Å². The van der Waals surface area contributed by atoms with Gasteiger partial charge in [0.2, 0.25) is 0 Å². The number of aryl methyl sites for hydroxylation is 1. The first-order valence-electron chi connectivity index (χ1n) is 9.20. The van der Waals surface area contributed by atoms with Gasteiger partial charge in [-0.3, -0.25) is 4.79 Å². The molecule has 2 aromatic carbocycles. The Morgan fingerprint density at radius 1 is 1.03 bits per heavy atom. The van der Waals surface area contributed by atoms with Gasteiger partial charge >= 0.3 is 0 Å². The number of hydrogen-bond acceptors (Lipinski definition) is 5. The molecule has 0 fully saturated rings. The van der Waals surface area contributed by atoms with Crippen LogP contribution in [0.15, 0.2) is 72.1 Å². The van der Waals surface area contributed by atoms with Gasteiger partial charge in [0, 0.05) is 22.2 Å². The third-order valence-electron chi connectivity index (χ3n) is 4.84. The molecule has 3 heterocycles. The Kier molecular flexibility index (Phi) is 4.37. The number of H-pyrrole nitrogens is 1. The number of carbonyl (C=O) groups excluding carboxylic acids is 1. The van der Waals surface area contributed by atoms with Crippen LogP contribution in [0.3, 0.4) is 0 Å². The molecule has 0 spiro atoms. The molecule has 3 aromatic heterocycles. The fraction of sp³-hybridized carbons (Fsp3) is 0.0909. The maximum Gasteiger partial charge on any atom is 0.175 e. The number of ketones is 1. The minimum Gasteiger partial charge on any atom is -0.358 e. The highest BCUT2D eigenvalue weighted by Crippen LogP contribution is 2.28. The van der Waals surface area contributed by atoms with E-state index in [0.29, 0.717) is 5.75 Å². The maximum absolute atomic E-state index is 13.0. The summed E-state index contributed by atoms with van der Waals surface area (Å²) in [6.07, 6.45) is 3.28. The van der Waals surface area contributed by atoms with Gasteiger partial charge < -0.3 is 4.98 Å². The highest BCUT2D eigenvalue weighted by molar-refractivity contribution is 8.00. The van der Waals surface area contributed by atoms with Gasteiger partial charge in [0.15, 0.2) is 11.4 Å². The largest absolute Gasteiger partial charge is 0.358 e. The molecule has 1 N–H and O–H groups in total. The average molecular weight is 399 g/mol. The van der Waals surface area contributed by atoms with Crippen molar-refractivity contribution in [3.8, 4) is 5.69 Å². The Labute approximate surface area is 171 Å². The lowest BCUT2D eigenvalue weighted by molar-refractivity contribution is 0.102. The van der Waals surface area contributed by atoms with Crippen molar-refractivity contribution in [3.05, 3.63) is 78.4 Å². The van der Waals surface area contributed by atoms with Crippen LogP contribution in [-0.4, -0.2) is 36.3 Å². The molecule has 6 nitrogen and oxygen atoms in total. The SMILES string of the molecule is Cc1[nH]c2ccccc2c1C(=O)CSc1ncnc2c1cnn2-c1ccccc1. The predicted molar refractivity (Wildman–Crippen MR) is 115 cm³/mol. The second kappa shape index (κ2) is 7.18. The highest BCUT2D eigenvalue weighted by Gasteiger charge is 2.18. The third kappa shape index (κ3) is 3.09. The second-order valence-electron chi connectivity index (χ2n) is 6.69. The van der Waals surface area contributed by atoms with Gasteiger partial charge in [0.05, 0.1) is 23.0 Å². The summed E-state index contributed by atoms with van der Waals surface area (Å²) in [4.78, 5) is 25.0. The van der Waals surface area contributed by atoms with Crippen molar-refractivity contribution >= 4 is 39.5 Å². The Morgan fingerprint density at radius 3 is 2.69 bits per heavy atom. The molecule has 0 radical (unpaired) electrons. The van der Waals surface area contributed by atoms with Crippen LogP contribution in [0.25, 0.3) is 27.6 Å². The Hall–Kier alpha value is -3.45. The number of aromatic nitrogens is 5. The summed E-state index contributed by atoms with van der Waals surface area (Å²) in [6.45, 7) is 1.94. The molecule has 0 saturated heterocycles. The van der Waals surface area contributed by atoms with Crippen LogP contribution >= 0.6 is 11.8 Å². The van der Waals surface area contributed by atoms with Gasteiger partial charge in [-0.1, -0.05) is 48.2 Å². The summed E-state index contributed by atoms with van der Waals surface area (Å²) < 4.78 is 1.78. The number of aromatic amines is 1. The van der Waals surface area contributed by atoms with E-state index in [1.165, 1.54) is 18.1 Å². The summed E-state index contributed by atoms with van der Waals surface area (Å²) in [7, 11) is 0. The van der Waals surface area contributed by atoms with Crippen LogP contribution in [0.1, 0.15) is 16.1 Å². The number of benzene rings is 2. The molecule has 0 saturated carbocycles. The highest BCUT2D eigenvalue weighted by atomic mass is 32.2. The molecule has 5 aromatic rings. The summed E-state index contributed by atoms with van der Waals surface area (Å²) in [5, 5.41) is 7.02. The van der Waals surface area contributed by atoms with Crippen molar-refractivity contribution in [2.24, 2.45) is 0 Å². The van der Waals surface area contributed by atoms with E-state index in [-0.39, 0.29) is 5.78 Å². The van der Waals surface area contributed by atoms with Crippen molar-refractivity contribution in [1.29, 1.82) is 0 Å². The molecule has 0 aliphatic carbocycles. The molecule has 0 aliphatic rings. The zero-order chi connectivity index (χ0) is 19.8. The molecular weight excluding hydrogens is 382 g/mol. The standard InChI is InChI=1S/C22H17N5OS/c1-14-20(16-9-5-6-10-18(16)26-14)19(28)12-29-22-17-11-25-27(21(17)23-13-24-22)15-7-3-2-4-8-15/h2-11,13,26H,12H2,1H3. The van der Waals surface area contributed by atoms with Crippen molar-refractivity contribution in [2.45, 2.75) is 11.9 Å². The smallest absolute Gasteiger partial charge is 0.175 e. The number of Topliss-reactive ketones (excluding diaryl/α,β-unsaturated/α-hetero) is 1. The Bertz CT molecular complexity index is 1340. The average Bonchev–Trinajstić information content (AvgIpc) is 3.33. The summed E-state index contributed by atoms with van der Waals surface area (Å²) in [5.41, 5.74) is 4.28. The number of para-hydroxylation sites is 2. The molecule has 0 unspecified atom stereocenters. The first kappa shape index (κ1) is 17.6. The van der Waals surface area contributed by atoms with E-state index >= 15 is 0 Å². The molecule has 0 amide bonds. The fourth-order valence-corrected chi connectivity index (χ4v) is 4.37. The van der Waals surface area contributed by atoms with Gasteiger partial charge in [-0.2, -0.15) is 5.10 Å². The van der Waals surface area contributed by atoms with Crippen LogP contribution in [0.2, 0.25) is 0 Å². The number of fused-ring (bicyclic) bond motifs is 2. The molecule has 29 heavy (non-hydrogen) atoms. The zero-order valence-electron chi connectivity index (χ0n) is 15.7. The summed E-state index contributed by atoms with van der Waals surface area (Å²) >= 11 is 1.41. The molecule has 142 valence electrons. The number of nitrogens with one attached hydrogen (secondary N) is 1. The second-order valence-corrected chi connectivity index (χ2v) is 7.65. The fourth-order valence-electron chi connectivity index (χ4n) is 3.54. The number of thioether (sulfide) groups is 1. The predicted octanol–water partition coefficient (Wildman–Crippen LogP) is 4.58. The van der Waals surface area contributed by atoms with Crippen LogP contribution in [0.5, 0.6) is 0 Å². The lowest BCUT2D eigenvalue weighted by Crippen LogP contribution is -2.04. The van der Waals surface area contributed by atoms with E-state index in [1.54, 1.807) is 10.9 Å². The number of rotatable bonds is 5. The molecule has 7 heteroatoms. The van der Waals surface area contributed by atoms with E-state index in [9.17, 15) is 4.79 Å². The summed E-state index contributed by atoms with van der Waals surface area (Å²) in [5.74, 6) is 0.373. The Morgan fingerprint density at radius 2 is 1.83 bits per heavy atom. The zero-order valence-corrected chi connectivity index (χ0v) is 16.5.